The zero-order chi connectivity index (χ0) is 11.5. The highest BCUT2D eigenvalue weighted by Crippen LogP contribution is 2.20. The van der Waals surface area contributed by atoms with Gasteiger partial charge in [-0.05, 0) is 24.7 Å². The summed E-state index contributed by atoms with van der Waals surface area (Å²) in [5, 5.41) is 6.88. The van der Waals surface area contributed by atoms with Gasteiger partial charge in [0, 0.05) is 19.0 Å². The van der Waals surface area contributed by atoms with Crippen LogP contribution >= 0.6 is 0 Å². The first-order valence-corrected chi connectivity index (χ1v) is 5.13. The summed E-state index contributed by atoms with van der Waals surface area (Å²) in [6.07, 6.45) is 0. The molecule has 0 amide bonds. The lowest BCUT2D eigenvalue weighted by Gasteiger charge is -2.06. The summed E-state index contributed by atoms with van der Waals surface area (Å²) in [6.45, 7) is 0.809. The maximum Gasteiger partial charge on any atom is 0.224 e. The van der Waals surface area contributed by atoms with Crippen LogP contribution in [0.1, 0.15) is 5.56 Å². The van der Waals surface area contributed by atoms with E-state index in [-0.39, 0.29) is 0 Å². The van der Waals surface area contributed by atoms with Gasteiger partial charge in [-0.2, -0.15) is 4.98 Å². The van der Waals surface area contributed by atoms with E-state index < -0.39 is 0 Å². The molecular formula is C11H15N5. The second kappa shape index (κ2) is 4.32. The van der Waals surface area contributed by atoms with Crippen molar-refractivity contribution in [2.45, 2.75) is 6.54 Å². The zero-order valence-corrected chi connectivity index (χ0v) is 9.41. The van der Waals surface area contributed by atoms with Crippen LogP contribution in [0.25, 0.3) is 10.9 Å². The molecule has 0 atom stereocenters. The first kappa shape index (κ1) is 10.6. The Morgan fingerprint density at radius 1 is 1.25 bits per heavy atom. The second-order valence-corrected chi connectivity index (χ2v) is 3.56. The number of benzene rings is 1. The Hall–Kier alpha value is -1.88. The number of fused-ring (bicyclic) bond motifs is 1. The standard InChI is InChI=1S/C11H15N5/c1-13-6-7-3-4-9-8(5-7)10(12)16-11(14-2)15-9/h3-5,13H,6H2,1-2H3,(H3,12,14,15,16). The third-order valence-corrected chi connectivity index (χ3v) is 2.39. The lowest BCUT2D eigenvalue weighted by molar-refractivity contribution is 0.819. The van der Waals surface area contributed by atoms with Crippen LogP contribution in [-0.2, 0) is 6.54 Å². The molecule has 1 heterocycles. The molecule has 0 spiro atoms. The van der Waals surface area contributed by atoms with E-state index in [2.05, 4.69) is 20.6 Å². The van der Waals surface area contributed by atoms with Gasteiger partial charge in [-0.25, -0.2) is 4.98 Å². The van der Waals surface area contributed by atoms with Crippen molar-refractivity contribution in [3.8, 4) is 0 Å². The SMILES string of the molecule is CNCc1ccc2nc(NC)nc(N)c2c1. The summed E-state index contributed by atoms with van der Waals surface area (Å²) in [7, 11) is 3.68. The lowest BCUT2D eigenvalue weighted by atomic mass is 10.1. The zero-order valence-electron chi connectivity index (χ0n) is 9.41. The van der Waals surface area contributed by atoms with E-state index in [0.717, 1.165) is 17.4 Å². The fourth-order valence-electron chi connectivity index (χ4n) is 1.63. The van der Waals surface area contributed by atoms with Gasteiger partial charge in [0.1, 0.15) is 5.82 Å². The predicted molar refractivity (Wildman–Crippen MR) is 66.3 cm³/mol. The highest BCUT2D eigenvalue weighted by molar-refractivity contribution is 5.89. The highest BCUT2D eigenvalue weighted by atomic mass is 15.1. The fraction of sp³-hybridized carbons (Fsp3) is 0.273. The highest BCUT2D eigenvalue weighted by Gasteiger charge is 2.04. The number of nitrogens with one attached hydrogen (secondary N) is 2. The normalized spacial score (nSPS) is 10.6. The average molecular weight is 217 g/mol. The van der Waals surface area contributed by atoms with Crippen LogP contribution in [0, 0.1) is 0 Å². The molecule has 0 aliphatic carbocycles. The summed E-state index contributed by atoms with van der Waals surface area (Å²) in [6, 6.07) is 6.01. The van der Waals surface area contributed by atoms with Crippen LogP contribution in [0.4, 0.5) is 11.8 Å². The van der Waals surface area contributed by atoms with Crippen molar-refractivity contribution in [3.05, 3.63) is 23.8 Å². The summed E-state index contributed by atoms with van der Waals surface area (Å²) in [4.78, 5) is 8.49. The van der Waals surface area contributed by atoms with Gasteiger partial charge in [-0.15, -0.1) is 0 Å². The molecule has 84 valence electrons. The average Bonchev–Trinajstić information content (AvgIpc) is 2.30. The molecule has 4 N–H and O–H groups in total. The molecule has 2 aromatic rings. The fourth-order valence-corrected chi connectivity index (χ4v) is 1.63. The summed E-state index contributed by atoms with van der Waals surface area (Å²) in [5.41, 5.74) is 7.91. The second-order valence-electron chi connectivity index (χ2n) is 3.56. The number of nitrogen functional groups attached to an aromatic ring is 1. The minimum Gasteiger partial charge on any atom is -0.383 e. The number of hydrogen-bond donors (Lipinski definition) is 3. The first-order chi connectivity index (χ1) is 7.74. The third-order valence-electron chi connectivity index (χ3n) is 2.39. The molecule has 0 aliphatic heterocycles. The van der Waals surface area contributed by atoms with Crippen LogP contribution < -0.4 is 16.4 Å². The third kappa shape index (κ3) is 1.90. The Kier molecular flexibility index (Phi) is 2.87. The van der Waals surface area contributed by atoms with Crippen molar-refractivity contribution in [1.29, 1.82) is 0 Å². The molecule has 0 saturated carbocycles. The van der Waals surface area contributed by atoms with Gasteiger partial charge in [0.25, 0.3) is 0 Å². The molecule has 0 unspecified atom stereocenters. The van der Waals surface area contributed by atoms with Crippen molar-refractivity contribution >= 4 is 22.7 Å². The Balaban J connectivity index is 2.56. The molecule has 2 rings (SSSR count). The van der Waals surface area contributed by atoms with Crippen LogP contribution in [0.2, 0.25) is 0 Å². The molecule has 5 heteroatoms. The van der Waals surface area contributed by atoms with E-state index in [4.69, 9.17) is 5.73 Å². The van der Waals surface area contributed by atoms with Crippen LogP contribution in [0.5, 0.6) is 0 Å². The molecule has 0 saturated heterocycles. The van der Waals surface area contributed by atoms with Crippen LogP contribution in [0.3, 0.4) is 0 Å². The molecule has 0 aliphatic rings. The number of hydrogen-bond acceptors (Lipinski definition) is 5. The van der Waals surface area contributed by atoms with E-state index in [1.165, 1.54) is 5.56 Å². The summed E-state index contributed by atoms with van der Waals surface area (Å²) < 4.78 is 0. The largest absolute Gasteiger partial charge is 0.383 e. The Bertz CT molecular complexity index is 509. The monoisotopic (exact) mass is 217 g/mol. The van der Waals surface area contributed by atoms with Crippen molar-refractivity contribution in [3.63, 3.8) is 0 Å². The Labute approximate surface area is 94.1 Å². The van der Waals surface area contributed by atoms with E-state index in [0.29, 0.717) is 11.8 Å². The molecule has 1 aromatic carbocycles. The van der Waals surface area contributed by atoms with Crippen molar-refractivity contribution in [1.82, 2.24) is 15.3 Å². The van der Waals surface area contributed by atoms with Crippen LogP contribution in [0.15, 0.2) is 18.2 Å². The van der Waals surface area contributed by atoms with Crippen molar-refractivity contribution < 1.29 is 0 Å². The van der Waals surface area contributed by atoms with E-state index in [9.17, 15) is 0 Å². The van der Waals surface area contributed by atoms with Gasteiger partial charge in [0.15, 0.2) is 0 Å². The molecule has 1 aromatic heterocycles. The summed E-state index contributed by atoms with van der Waals surface area (Å²) >= 11 is 0. The Morgan fingerprint density at radius 3 is 2.75 bits per heavy atom. The minimum absolute atomic E-state index is 0.507. The first-order valence-electron chi connectivity index (χ1n) is 5.13. The molecule has 5 nitrogen and oxygen atoms in total. The van der Waals surface area contributed by atoms with Crippen molar-refractivity contribution in [2.75, 3.05) is 25.1 Å². The molecule has 0 fully saturated rings. The maximum absolute atomic E-state index is 5.89. The minimum atomic E-state index is 0.507. The molecular weight excluding hydrogens is 202 g/mol. The lowest BCUT2D eigenvalue weighted by Crippen LogP contribution is -2.06. The van der Waals surface area contributed by atoms with E-state index in [1.54, 1.807) is 7.05 Å². The van der Waals surface area contributed by atoms with Crippen LogP contribution in [-0.4, -0.2) is 24.1 Å². The van der Waals surface area contributed by atoms with Gasteiger partial charge in [-0.1, -0.05) is 6.07 Å². The number of nitrogens with two attached hydrogens (primary N) is 1. The molecule has 0 radical (unpaired) electrons. The van der Waals surface area contributed by atoms with E-state index in [1.807, 2.05) is 25.2 Å². The van der Waals surface area contributed by atoms with E-state index >= 15 is 0 Å². The number of rotatable bonds is 3. The summed E-state index contributed by atoms with van der Waals surface area (Å²) in [5.74, 6) is 1.05. The van der Waals surface area contributed by atoms with Gasteiger partial charge in [0.05, 0.1) is 5.52 Å². The van der Waals surface area contributed by atoms with Crippen molar-refractivity contribution in [2.24, 2.45) is 0 Å². The molecule has 16 heavy (non-hydrogen) atoms. The topological polar surface area (TPSA) is 75.9 Å². The van der Waals surface area contributed by atoms with Gasteiger partial charge >= 0.3 is 0 Å². The Morgan fingerprint density at radius 2 is 2.06 bits per heavy atom. The molecule has 0 bridgehead atoms. The number of nitrogens with zero attached hydrogens (tertiary/aromatic N) is 2. The van der Waals surface area contributed by atoms with Gasteiger partial charge in [-0.3, -0.25) is 0 Å². The smallest absolute Gasteiger partial charge is 0.224 e. The van der Waals surface area contributed by atoms with Gasteiger partial charge in [0.2, 0.25) is 5.95 Å². The maximum atomic E-state index is 5.89. The quantitative estimate of drug-likeness (QED) is 0.714. The number of anilines is 2. The predicted octanol–water partition coefficient (Wildman–Crippen LogP) is 0.973. The van der Waals surface area contributed by atoms with Gasteiger partial charge < -0.3 is 16.4 Å². The number of aromatic nitrogens is 2.